The largest absolute Gasteiger partial charge is 0.497 e. The standard InChI is InChI=1S/C12H13NO3/c1-15-10-4-2-3-8(5-10)13-9-6-11(12(13)14)16-7-9/h2-5,9,11H,6-7H2,1H3. The van der Waals surface area contributed by atoms with Crippen LogP contribution in [-0.2, 0) is 9.53 Å². The van der Waals surface area contributed by atoms with Crippen molar-refractivity contribution < 1.29 is 14.3 Å². The molecule has 0 spiro atoms. The number of amides is 1. The van der Waals surface area contributed by atoms with Gasteiger partial charge in [-0.05, 0) is 12.1 Å². The summed E-state index contributed by atoms with van der Waals surface area (Å²) in [6.07, 6.45) is 0.590. The molecule has 2 bridgehead atoms. The maximum absolute atomic E-state index is 11.9. The fourth-order valence-corrected chi connectivity index (χ4v) is 2.40. The van der Waals surface area contributed by atoms with E-state index < -0.39 is 0 Å². The van der Waals surface area contributed by atoms with E-state index in [2.05, 4.69) is 0 Å². The second kappa shape index (κ2) is 3.49. The highest BCUT2D eigenvalue weighted by Gasteiger charge is 2.46. The van der Waals surface area contributed by atoms with Gasteiger partial charge in [-0.25, -0.2) is 0 Å². The number of nitrogens with zero attached hydrogens (tertiary/aromatic N) is 1. The first-order valence-corrected chi connectivity index (χ1v) is 5.38. The molecule has 2 aliphatic rings. The highest BCUT2D eigenvalue weighted by molar-refractivity contribution is 6.00. The number of fused-ring (bicyclic) bond motifs is 2. The van der Waals surface area contributed by atoms with Crippen LogP contribution in [0.4, 0.5) is 5.69 Å². The quantitative estimate of drug-likeness (QED) is 0.750. The highest BCUT2D eigenvalue weighted by Crippen LogP contribution is 2.34. The molecule has 0 radical (unpaired) electrons. The first-order valence-electron chi connectivity index (χ1n) is 5.38. The normalized spacial score (nSPS) is 27.6. The van der Waals surface area contributed by atoms with E-state index in [1.165, 1.54) is 0 Å². The Morgan fingerprint density at radius 1 is 1.50 bits per heavy atom. The maximum atomic E-state index is 11.9. The molecule has 3 rings (SSSR count). The van der Waals surface area contributed by atoms with Crippen LogP contribution in [0.2, 0.25) is 0 Å². The molecule has 0 aliphatic carbocycles. The zero-order valence-corrected chi connectivity index (χ0v) is 9.05. The molecule has 2 fully saturated rings. The summed E-state index contributed by atoms with van der Waals surface area (Å²) in [6, 6.07) is 7.79. The molecule has 2 saturated heterocycles. The summed E-state index contributed by atoms with van der Waals surface area (Å²) in [6.45, 7) is 0.646. The van der Waals surface area contributed by atoms with Gasteiger partial charge in [0.25, 0.3) is 5.91 Å². The third kappa shape index (κ3) is 1.30. The van der Waals surface area contributed by atoms with Crippen LogP contribution in [0.5, 0.6) is 5.75 Å². The molecule has 0 saturated carbocycles. The summed E-state index contributed by atoms with van der Waals surface area (Å²) in [5.41, 5.74) is 0.903. The first-order chi connectivity index (χ1) is 7.79. The van der Waals surface area contributed by atoms with Crippen molar-refractivity contribution in [2.75, 3.05) is 18.6 Å². The molecule has 84 valence electrons. The monoisotopic (exact) mass is 219 g/mol. The Morgan fingerprint density at radius 3 is 3.06 bits per heavy atom. The number of methoxy groups -OCH3 is 1. The number of carbonyl (C=O) groups excluding carboxylic acids is 1. The zero-order valence-electron chi connectivity index (χ0n) is 9.05. The molecule has 1 aromatic carbocycles. The lowest BCUT2D eigenvalue weighted by Gasteiger charge is -2.27. The molecule has 1 aromatic rings. The van der Waals surface area contributed by atoms with Gasteiger partial charge < -0.3 is 14.4 Å². The number of morpholine rings is 1. The molecule has 4 heteroatoms. The van der Waals surface area contributed by atoms with E-state index in [4.69, 9.17) is 9.47 Å². The smallest absolute Gasteiger partial charge is 0.256 e. The average Bonchev–Trinajstić information content (AvgIpc) is 2.89. The lowest BCUT2D eigenvalue weighted by molar-refractivity contribution is -0.128. The van der Waals surface area contributed by atoms with Gasteiger partial charge in [-0.15, -0.1) is 0 Å². The van der Waals surface area contributed by atoms with Crippen LogP contribution in [0, 0.1) is 0 Å². The van der Waals surface area contributed by atoms with Gasteiger partial charge in [0.1, 0.15) is 11.9 Å². The van der Waals surface area contributed by atoms with E-state index >= 15 is 0 Å². The SMILES string of the molecule is COc1cccc(N2C(=O)C3CC2CO3)c1. The van der Waals surface area contributed by atoms with Crippen LogP contribution >= 0.6 is 0 Å². The second-order valence-electron chi connectivity index (χ2n) is 4.12. The first kappa shape index (κ1) is 9.66. The van der Waals surface area contributed by atoms with Crippen LogP contribution in [0.15, 0.2) is 24.3 Å². The predicted octanol–water partition coefficient (Wildman–Crippen LogP) is 1.20. The highest BCUT2D eigenvalue weighted by atomic mass is 16.5. The molecule has 2 atom stereocenters. The number of ether oxygens (including phenoxy) is 2. The Morgan fingerprint density at radius 2 is 2.38 bits per heavy atom. The van der Waals surface area contributed by atoms with Crippen molar-refractivity contribution in [1.29, 1.82) is 0 Å². The van der Waals surface area contributed by atoms with Crippen LogP contribution in [0.3, 0.4) is 0 Å². The topological polar surface area (TPSA) is 38.8 Å². The number of hydrogen-bond acceptors (Lipinski definition) is 3. The third-order valence-electron chi connectivity index (χ3n) is 3.19. The summed E-state index contributed by atoms with van der Waals surface area (Å²) in [5, 5.41) is 0. The summed E-state index contributed by atoms with van der Waals surface area (Å²) in [7, 11) is 1.63. The molecule has 0 aromatic heterocycles. The number of hydrogen-bond donors (Lipinski definition) is 0. The van der Waals surface area contributed by atoms with E-state index in [1.807, 2.05) is 29.2 Å². The van der Waals surface area contributed by atoms with E-state index in [-0.39, 0.29) is 18.1 Å². The van der Waals surface area contributed by atoms with Gasteiger partial charge in [-0.1, -0.05) is 6.07 Å². The fourth-order valence-electron chi connectivity index (χ4n) is 2.40. The van der Waals surface area contributed by atoms with E-state index in [0.717, 1.165) is 17.9 Å². The number of benzene rings is 1. The molecular weight excluding hydrogens is 206 g/mol. The predicted molar refractivity (Wildman–Crippen MR) is 58.6 cm³/mol. The van der Waals surface area contributed by atoms with Gasteiger partial charge in [-0.2, -0.15) is 0 Å². The van der Waals surface area contributed by atoms with Crippen LogP contribution in [-0.4, -0.2) is 31.8 Å². The molecule has 1 amide bonds. The Hall–Kier alpha value is -1.55. The zero-order chi connectivity index (χ0) is 11.1. The lowest BCUT2D eigenvalue weighted by atomic mass is 10.2. The van der Waals surface area contributed by atoms with E-state index in [1.54, 1.807) is 7.11 Å². The molecule has 2 aliphatic heterocycles. The Kier molecular flexibility index (Phi) is 2.11. The Labute approximate surface area is 93.8 Å². The Bertz CT molecular complexity index is 432. The third-order valence-corrected chi connectivity index (χ3v) is 3.19. The van der Waals surface area contributed by atoms with Gasteiger partial charge in [0.15, 0.2) is 0 Å². The van der Waals surface area contributed by atoms with Gasteiger partial charge in [0.05, 0.1) is 19.8 Å². The van der Waals surface area contributed by atoms with Crippen molar-refractivity contribution in [3.63, 3.8) is 0 Å². The van der Waals surface area contributed by atoms with E-state index in [0.29, 0.717) is 6.61 Å². The van der Waals surface area contributed by atoms with Crippen molar-refractivity contribution >= 4 is 11.6 Å². The minimum Gasteiger partial charge on any atom is -0.497 e. The number of carbonyl (C=O) groups is 1. The molecule has 4 nitrogen and oxygen atoms in total. The molecular formula is C12H13NO3. The molecule has 2 heterocycles. The van der Waals surface area contributed by atoms with Crippen molar-refractivity contribution in [1.82, 2.24) is 0 Å². The van der Waals surface area contributed by atoms with Crippen LogP contribution in [0.25, 0.3) is 0 Å². The maximum Gasteiger partial charge on any atom is 0.256 e. The van der Waals surface area contributed by atoms with Crippen molar-refractivity contribution in [3.8, 4) is 5.75 Å². The van der Waals surface area contributed by atoms with E-state index in [9.17, 15) is 4.79 Å². The lowest BCUT2D eigenvalue weighted by Crippen LogP contribution is -2.41. The number of anilines is 1. The number of rotatable bonds is 2. The molecule has 2 unspecified atom stereocenters. The van der Waals surface area contributed by atoms with Gasteiger partial charge in [0.2, 0.25) is 0 Å². The average molecular weight is 219 g/mol. The van der Waals surface area contributed by atoms with Crippen molar-refractivity contribution in [3.05, 3.63) is 24.3 Å². The molecule has 16 heavy (non-hydrogen) atoms. The molecule has 0 N–H and O–H groups in total. The summed E-state index contributed by atoms with van der Waals surface area (Å²) in [5.74, 6) is 0.846. The van der Waals surface area contributed by atoms with Gasteiger partial charge in [-0.3, -0.25) is 4.79 Å². The Balaban J connectivity index is 1.94. The van der Waals surface area contributed by atoms with Crippen LogP contribution < -0.4 is 9.64 Å². The van der Waals surface area contributed by atoms with Gasteiger partial charge in [0, 0.05) is 18.2 Å². The summed E-state index contributed by atoms with van der Waals surface area (Å²) < 4.78 is 10.5. The van der Waals surface area contributed by atoms with Crippen molar-refractivity contribution in [2.45, 2.75) is 18.6 Å². The summed E-state index contributed by atoms with van der Waals surface area (Å²) in [4.78, 5) is 13.8. The minimum absolute atomic E-state index is 0.0736. The van der Waals surface area contributed by atoms with Crippen molar-refractivity contribution in [2.24, 2.45) is 0 Å². The minimum atomic E-state index is -0.226. The summed E-state index contributed by atoms with van der Waals surface area (Å²) >= 11 is 0. The second-order valence-corrected chi connectivity index (χ2v) is 4.12. The van der Waals surface area contributed by atoms with Crippen LogP contribution in [0.1, 0.15) is 6.42 Å². The fraction of sp³-hybridized carbons (Fsp3) is 0.417. The van der Waals surface area contributed by atoms with Gasteiger partial charge >= 0.3 is 0 Å².